The largest absolute Gasteiger partial charge is 0.453 e. The highest BCUT2D eigenvalue weighted by atomic mass is 19.4. The number of aromatic nitrogens is 4. The third-order valence-electron chi connectivity index (χ3n) is 4.01. The average molecular weight is 337 g/mol. The predicted molar refractivity (Wildman–Crippen MR) is 76.9 cm³/mol. The number of hydrogen-bond donors (Lipinski definition) is 0. The van der Waals surface area contributed by atoms with Crippen LogP contribution >= 0.6 is 0 Å². The SMILES string of the molecule is Fc1ccc2c(c1)CCN(c1ccc3nnc(C(F)(F)F)n3n1)C2. The molecule has 0 N–H and O–H groups in total. The normalized spacial score (nSPS) is 14.9. The molecular formula is C15H11F4N5. The van der Waals surface area contributed by atoms with E-state index in [9.17, 15) is 17.6 Å². The van der Waals surface area contributed by atoms with Crippen molar-refractivity contribution in [1.82, 2.24) is 19.8 Å². The van der Waals surface area contributed by atoms with Crippen LogP contribution in [0.2, 0.25) is 0 Å². The minimum atomic E-state index is -4.63. The number of hydrogen-bond acceptors (Lipinski definition) is 4. The van der Waals surface area contributed by atoms with Crippen LogP contribution in [-0.4, -0.2) is 26.4 Å². The minimum absolute atomic E-state index is 0.0329. The third-order valence-corrected chi connectivity index (χ3v) is 4.01. The first-order valence-corrected chi connectivity index (χ1v) is 7.24. The highest BCUT2D eigenvalue weighted by Gasteiger charge is 2.37. The number of benzene rings is 1. The molecule has 5 nitrogen and oxygen atoms in total. The van der Waals surface area contributed by atoms with E-state index < -0.39 is 12.0 Å². The molecule has 4 rings (SSSR count). The molecule has 0 saturated heterocycles. The molecule has 0 saturated carbocycles. The van der Waals surface area contributed by atoms with E-state index >= 15 is 0 Å². The van der Waals surface area contributed by atoms with Gasteiger partial charge in [0.2, 0.25) is 0 Å². The molecule has 0 bridgehead atoms. The van der Waals surface area contributed by atoms with Crippen LogP contribution in [0.1, 0.15) is 17.0 Å². The lowest BCUT2D eigenvalue weighted by Crippen LogP contribution is -2.31. The van der Waals surface area contributed by atoms with Gasteiger partial charge in [-0.3, -0.25) is 0 Å². The molecule has 3 heterocycles. The molecule has 0 amide bonds. The van der Waals surface area contributed by atoms with Crippen LogP contribution in [0.3, 0.4) is 0 Å². The number of halogens is 4. The van der Waals surface area contributed by atoms with Crippen molar-refractivity contribution in [3.63, 3.8) is 0 Å². The fourth-order valence-electron chi connectivity index (χ4n) is 2.84. The van der Waals surface area contributed by atoms with Crippen molar-refractivity contribution in [3.8, 4) is 0 Å². The maximum absolute atomic E-state index is 13.3. The first-order chi connectivity index (χ1) is 11.4. The highest BCUT2D eigenvalue weighted by Crippen LogP contribution is 2.29. The van der Waals surface area contributed by atoms with Crippen LogP contribution in [0, 0.1) is 5.82 Å². The third kappa shape index (κ3) is 2.45. The van der Waals surface area contributed by atoms with Gasteiger partial charge in [-0.2, -0.15) is 17.7 Å². The number of alkyl halides is 3. The molecular weight excluding hydrogens is 326 g/mol. The summed E-state index contributed by atoms with van der Waals surface area (Å²) in [7, 11) is 0. The maximum atomic E-state index is 13.3. The Labute approximate surface area is 133 Å². The molecule has 0 atom stereocenters. The van der Waals surface area contributed by atoms with Crippen molar-refractivity contribution in [1.29, 1.82) is 0 Å². The van der Waals surface area contributed by atoms with Crippen LogP contribution in [0.25, 0.3) is 5.65 Å². The molecule has 1 aliphatic rings. The second-order valence-corrected chi connectivity index (χ2v) is 5.57. The molecule has 0 aliphatic carbocycles. The van der Waals surface area contributed by atoms with Gasteiger partial charge in [0.05, 0.1) is 0 Å². The monoisotopic (exact) mass is 337 g/mol. The molecule has 3 aromatic rings. The van der Waals surface area contributed by atoms with Crippen LogP contribution in [0.4, 0.5) is 23.4 Å². The van der Waals surface area contributed by atoms with Crippen LogP contribution in [-0.2, 0) is 19.1 Å². The van der Waals surface area contributed by atoms with Gasteiger partial charge in [-0.15, -0.1) is 15.3 Å². The second kappa shape index (κ2) is 5.15. The van der Waals surface area contributed by atoms with E-state index in [2.05, 4.69) is 15.3 Å². The lowest BCUT2D eigenvalue weighted by Gasteiger charge is -2.29. The van der Waals surface area contributed by atoms with E-state index in [1.54, 1.807) is 12.1 Å². The molecule has 0 spiro atoms. The van der Waals surface area contributed by atoms with Crippen LogP contribution in [0.15, 0.2) is 30.3 Å². The summed E-state index contributed by atoms with van der Waals surface area (Å²) in [5, 5.41) is 10.7. The van der Waals surface area contributed by atoms with Gasteiger partial charge in [0, 0.05) is 13.1 Å². The van der Waals surface area contributed by atoms with Crippen molar-refractivity contribution < 1.29 is 17.6 Å². The Morgan fingerprint density at radius 1 is 1.00 bits per heavy atom. The summed E-state index contributed by atoms with van der Waals surface area (Å²) >= 11 is 0. The molecule has 0 radical (unpaired) electrons. The van der Waals surface area contributed by atoms with Gasteiger partial charge in [0.15, 0.2) is 5.65 Å². The Morgan fingerprint density at radius 3 is 2.62 bits per heavy atom. The summed E-state index contributed by atoms with van der Waals surface area (Å²) in [4.78, 5) is 1.85. The van der Waals surface area contributed by atoms with Crippen LogP contribution in [0.5, 0.6) is 0 Å². The molecule has 1 aliphatic heterocycles. The summed E-state index contributed by atoms with van der Waals surface area (Å²) in [6, 6.07) is 7.62. The molecule has 2 aromatic heterocycles. The number of nitrogens with zero attached hydrogens (tertiary/aromatic N) is 5. The zero-order valence-corrected chi connectivity index (χ0v) is 12.3. The van der Waals surface area contributed by atoms with Gasteiger partial charge in [0.1, 0.15) is 11.6 Å². The molecule has 124 valence electrons. The van der Waals surface area contributed by atoms with Gasteiger partial charge >= 0.3 is 6.18 Å². The van der Waals surface area contributed by atoms with Gasteiger partial charge in [-0.05, 0) is 41.8 Å². The lowest BCUT2D eigenvalue weighted by molar-refractivity contribution is -0.146. The first-order valence-electron chi connectivity index (χ1n) is 7.24. The summed E-state index contributed by atoms with van der Waals surface area (Å²) < 4.78 is 52.8. The first kappa shape index (κ1) is 14.9. The Kier molecular flexibility index (Phi) is 3.19. The van der Waals surface area contributed by atoms with E-state index in [1.807, 2.05) is 4.90 Å². The summed E-state index contributed by atoms with van der Waals surface area (Å²) in [5.74, 6) is -1.05. The Morgan fingerprint density at radius 2 is 1.83 bits per heavy atom. The molecule has 1 aromatic carbocycles. The van der Waals surface area contributed by atoms with E-state index in [1.165, 1.54) is 18.2 Å². The van der Waals surface area contributed by atoms with E-state index in [-0.39, 0.29) is 11.5 Å². The number of anilines is 1. The zero-order valence-electron chi connectivity index (χ0n) is 12.3. The van der Waals surface area contributed by atoms with Gasteiger partial charge < -0.3 is 4.90 Å². The molecule has 9 heteroatoms. The standard InChI is InChI=1S/C15H11F4N5/c16-11-2-1-10-8-23(6-5-9(10)7-11)13-4-3-12-20-21-14(15(17,18)19)24(12)22-13/h1-4,7H,5-6,8H2. The summed E-state index contributed by atoms with van der Waals surface area (Å²) in [6.07, 6.45) is -4.03. The van der Waals surface area contributed by atoms with Crippen molar-refractivity contribution in [3.05, 3.63) is 53.1 Å². The zero-order chi connectivity index (χ0) is 16.9. The quantitative estimate of drug-likeness (QED) is 0.641. The van der Waals surface area contributed by atoms with Gasteiger partial charge in [0.25, 0.3) is 5.82 Å². The predicted octanol–water partition coefficient (Wildman–Crippen LogP) is 2.84. The van der Waals surface area contributed by atoms with Crippen molar-refractivity contribution in [2.24, 2.45) is 0 Å². The van der Waals surface area contributed by atoms with Gasteiger partial charge in [-0.1, -0.05) is 6.07 Å². The van der Waals surface area contributed by atoms with Crippen molar-refractivity contribution >= 4 is 11.5 Å². The molecule has 0 fully saturated rings. The molecule has 0 unspecified atom stereocenters. The van der Waals surface area contributed by atoms with Crippen LogP contribution < -0.4 is 4.90 Å². The Balaban J connectivity index is 1.71. The minimum Gasteiger partial charge on any atom is -0.351 e. The molecule has 24 heavy (non-hydrogen) atoms. The van der Waals surface area contributed by atoms with Crippen molar-refractivity contribution in [2.45, 2.75) is 19.1 Å². The van der Waals surface area contributed by atoms with E-state index in [4.69, 9.17) is 0 Å². The maximum Gasteiger partial charge on any atom is 0.453 e. The second-order valence-electron chi connectivity index (χ2n) is 5.57. The highest BCUT2D eigenvalue weighted by molar-refractivity contribution is 5.48. The number of rotatable bonds is 1. The fraction of sp³-hybridized carbons (Fsp3) is 0.267. The van der Waals surface area contributed by atoms with E-state index in [0.29, 0.717) is 29.8 Å². The van der Waals surface area contributed by atoms with Crippen molar-refractivity contribution in [2.75, 3.05) is 11.4 Å². The smallest absolute Gasteiger partial charge is 0.351 e. The number of fused-ring (bicyclic) bond motifs is 2. The summed E-state index contributed by atoms with van der Waals surface area (Å²) in [6.45, 7) is 0.996. The average Bonchev–Trinajstić information content (AvgIpc) is 2.97. The Hall–Kier alpha value is -2.71. The lowest BCUT2D eigenvalue weighted by atomic mass is 10.00. The van der Waals surface area contributed by atoms with E-state index in [0.717, 1.165) is 11.1 Å². The fourth-order valence-corrected chi connectivity index (χ4v) is 2.84. The Bertz CT molecular complexity index is 918. The van der Waals surface area contributed by atoms with Gasteiger partial charge in [-0.25, -0.2) is 4.39 Å². The topological polar surface area (TPSA) is 46.3 Å². The summed E-state index contributed by atoms with van der Waals surface area (Å²) in [5.41, 5.74) is 1.88.